The van der Waals surface area contributed by atoms with Crippen LogP contribution in [-0.4, -0.2) is 12.7 Å². The highest BCUT2D eigenvalue weighted by molar-refractivity contribution is 9.10. The van der Waals surface area contributed by atoms with Crippen molar-refractivity contribution >= 4 is 33.6 Å². The molecule has 7 heteroatoms. The van der Waals surface area contributed by atoms with Crippen LogP contribution in [0.5, 0.6) is 17.2 Å². The Morgan fingerprint density at radius 2 is 1.97 bits per heavy atom. The maximum Gasteiger partial charge on any atom is 0.266 e. The number of rotatable bonds is 6. The van der Waals surface area contributed by atoms with Crippen LogP contribution in [-0.2, 0) is 11.4 Å². The molecule has 6 nitrogen and oxygen atoms in total. The minimum absolute atomic E-state index is 0.00850. The van der Waals surface area contributed by atoms with Crippen molar-refractivity contribution in [3.8, 4) is 23.3 Å². The standard InChI is InChI=1S/C25H19BrN2O4/c1-16-4-2-3-5-21(16)28-25(29)19(13-27)10-17-6-8-22(20(26)11-17)30-14-18-7-9-23-24(12-18)32-15-31-23/h2-12H,14-15H2,1H3,(H,28,29)/b19-10-. The predicted octanol–water partition coefficient (Wildman–Crippen LogP) is 5.61. The Morgan fingerprint density at radius 1 is 1.16 bits per heavy atom. The minimum Gasteiger partial charge on any atom is -0.488 e. The van der Waals surface area contributed by atoms with Gasteiger partial charge in [-0.15, -0.1) is 0 Å². The van der Waals surface area contributed by atoms with E-state index in [1.807, 2.05) is 49.4 Å². The summed E-state index contributed by atoms with van der Waals surface area (Å²) in [5.41, 5.74) is 3.25. The van der Waals surface area contributed by atoms with Crippen molar-refractivity contribution in [1.82, 2.24) is 0 Å². The molecule has 3 aromatic carbocycles. The number of nitriles is 1. The van der Waals surface area contributed by atoms with E-state index < -0.39 is 5.91 Å². The van der Waals surface area contributed by atoms with Crippen molar-refractivity contribution in [3.63, 3.8) is 0 Å². The second kappa shape index (κ2) is 9.58. The molecule has 1 aliphatic heterocycles. The van der Waals surface area contributed by atoms with Crippen LogP contribution in [0.1, 0.15) is 16.7 Å². The molecule has 4 rings (SSSR count). The number of halogens is 1. The number of carbonyl (C=O) groups excluding carboxylic acids is 1. The number of hydrogen-bond donors (Lipinski definition) is 1. The van der Waals surface area contributed by atoms with Gasteiger partial charge in [0.2, 0.25) is 6.79 Å². The van der Waals surface area contributed by atoms with Gasteiger partial charge in [0.05, 0.1) is 4.47 Å². The van der Waals surface area contributed by atoms with Gasteiger partial charge >= 0.3 is 0 Å². The average molecular weight is 491 g/mol. The Hall–Kier alpha value is -3.76. The van der Waals surface area contributed by atoms with Gasteiger partial charge in [-0.25, -0.2) is 0 Å². The van der Waals surface area contributed by atoms with Crippen molar-refractivity contribution < 1.29 is 19.0 Å². The third-order valence-electron chi connectivity index (χ3n) is 4.86. The Bertz CT molecular complexity index is 1250. The zero-order valence-electron chi connectivity index (χ0n) is 17.2. The van der Waals surface area contributed by atoms with Crippen molar-refractivity contribution in [1.29, 1.82) is 5.26 Å². The molecule has 0 spiro atoms. The highest BCUT2D eigenvalue weighted by Gasteiger charge is 2.14. The molecular weight excluding hydrogens is 472 g/mol. The van der Waals surface area contributed by atoms with Gasteiger partial charge in [-0.1, -0.05) is 30.3 Å². The second-order valence-electron chi connectivity index (χ2n) is 7.11. The number of anilines is 1. The quantitative estimate of drug-likeness (QED) is 0.358. The van der Waals surface area contributed by atoms with E-state index in [0.717, 1.165) is 16.9 Å². The zero-order valence-corrected chi connectivity index (χ0v) is 18.8. The van der Waals surface area contributed by atoms with Crippen LogP contribution >= 0.6 is 15.9 Å². The first-order valence-corrected chi connectivity index (χ1v) is 10.6. The SMILES string of the molecule is Cc1ccccc1NC(=O)/C(C#N)=C\c1ccc(OCc2ccc3c(c2)OCO3)c(Br)c1. The zero-order chi connectivity index (χ0) is 22.5. The topological polar surface area (TPSA) is 80.6 Å². The molecule has 0 radical (unpaired) electrons. The number of para-hydroxylation sites is 1. The van der Waals surface area contributed by atoms with Gasteiger partial charge in [-0.3, -0.25) is 4.79 Å². The van der Waals surface area contributed by atoms with Crippen LogP contribution in [0.2, 0.25) is 0 Å². The summed E-state index contributed by atoms with van der Waals surface area (Å²) >= 11 is 3.50. The molecule has 0 aliphatic carbocycles. The summed E-state index contributed by atoms with van der Waals surface area (Å²) in [4.78, 5) is 12.5. The van der Waals surface area contributed by atoms with E-state index in [1.54, 1.807) is 30.3 Å². The highest BCUT2D eigenvalue weighted by atomic mass is 79.9. The molecule has 1 N–H and O–H groups in total. The van der Waals surface area contributed by atoms with E-state index in [9.17, 15) is 10.1 Å². The molecular formula is C25H19BrN2O4. The average Bonchev–Trinajstić information content (AvgIpc) is 3.26. The molecule has 0 atom stereocenters. The molecule has 1 amide bonds. The fourth-order valence-corrected chi connectivity index (χ4v) is 3.64. The third-order valence-corrected chi connectivity index (χ3v) is 5.48. The molecule has 160 valence electrons. The summed E-state index contributed by atoms with van der Waals surface area (Å²) in [5, 5.41) is 12.2. The molecule has 0 saturated carbocycles. The van der Waals surface area contributed by atoms with Gasteiger partial charge in [0.25, 0.3) is 5.91 Å². The van der Waals surface area contributed by atoms with E-state index in [1.165, 1.54) is 0 Å². The molecule has 1 heterocycles. The molecule has 0 bridgehead atoms. The summed E-state index contributed by atoms with van der Waals surface area (Å²) in [5.74, 6) is 1.62. The predicted molar refractivity (Wildman–Crippen MR) is 124 cm³/mol. The van der Waals surface area contributed by atoms with Crippen LogP contribution < -0.4 is 19.5 Å². The van der Waals surface area contributed by atoms with E-state index in [2.05, 4.69) is 21.2 Å². The first kappa shape index (κ1) is 21.5. The number of amides is 1. The fourth-order valence-electron chi connectivity index (χ4n) is 3.13. The number of ether oxygens (including phenoxy) is 3. The van der Waals surface area contributed by atoms with E-state index in [-0.39, 0.29) is 12.4 Å². The Balaban J connectivity index is 1.44. The lowest BCUT2D eigenvalue weighted by Crippen LogP contribution is -2.14. The summed E-state index contributed by atoms with van der Waals surface area (Å²) in [7, 11) is 0. The molecule has 0 saturated heterocycles. The number of nitrogens with zero attached hydrogens (tertiary/aromatic N) is 1. The van der Waals surface area contributed by atoms with Crippen molar-refractivity contribution in [3.05, 3.63) is 87.4 Å². The number of benzene rings is 3. The van der Waals surface area contributed by atoms with Crippen molar-refractivity contribution in [2.45, 2.75) is 13.5 Å². The van der Waals surface area contributed by atoms with Crippen molar-refractivity contribution in [2.75, 3.05) is 12.1 Å². The van der Waals surface area contributed by atoms with Gasteiger partial charge in [0.15, 0.2) is 11.5 Å². The molecule has 0 fully saturated rings. The summed E-state index contributed by atoms with van der Waals surface area (Å²) in [6.45, 7) is 2.48. The number of carbonyl (C=O) groups is 1. The Kier molecular flexibility index (Phi) is 6.43. The van der Waals surface area contributed by atoms with E-state index in [4.69, 9.17) is 14.2 Å². The van der Waals surface area contributed by atoms with Crippen LogP contribution in [0, 0.1) is 18.3 Å². The van der Waals surface area contributed by atoms with E-state index >= 15 is 0 Å². The van der Waals surface area contributed by atoms with Gasteiger partial charge in [-0.05, 0) is 76.0 Å². The van der Waals surface area contributed by atoms with Gasteiger partial charge < -0.3 is 19.5 Å². The normalized spacial score (nSPS) is 12.2. The van der Waals surface area contributed by atoms with Crippen LogP contribution in [0.15, 0.2) is 70.7 Å². The van der Waals surface area contributed by atoms with Crippen LogP contribution in [0.3, 0.4) is 0 Å². The van der Waals surface area contributed by atoms with Crippen LogP contribution in [0.4, 0.5) is 5.69 Å². The number of aryl methyl sites for hydroxylation is 1. The highest BCUT2D eigenvalue weighted by Crippen LogP contribution is 2.33. The second-order valence-corrected chi connectivity index (χ2v) is 7.96. The smallest absolute Gasteiger partial charge is 0.266 e. The van der Waals surface area contributed by atoms with Gasteiger partial charge in [0, 0.05) is 5.69 Å². The maximum atomic E-state index is 12.5. The minimum atomic E-state index is -0.457. The molecule has 0 aromatic heterocycles. The molecule has 1 aliphatic rings. The molecule has 0 unspecified atom stereocenters. The summed E-state index contributed by atoms with van der Waals surface area (Å²) in [6.07, 6.45) is 1.54. The first-order chi connectivity index (χ1) is 15.5. The maximum absolute atomic E-state index is 12.5. The lowest BCUT2D eigenvalue weighted by Gasteiger charge is -2.10. The molecule has 3 aromatic rings. The third kappa shape index (κ3) is 4.93. The fraction of sp³-hybridized carbons (Fsp3) is 0.120. The van der Waals surface area contributed by atoms with Gasteiger partial charge in [-0.2, -0.15) is 5.26 Å². The Morgan fingerprint density at radius 3 is 2.75 bits per heavy atom. The number of hydrogen-bond acceptors (Lipinski definition) is 5. The number of fused-ring (bicyclic) bond motifs is 1. The largest absolute Gasteiger partial charge is 0.488 e. The summed E-state index contributed by atoms with van der Waals surface area (Å²) < 4.78 is 17.3. The Labute approximate surface area is 194 Å². The first-order valence-electron chi connectivity index (χ1n) is 9.83. The van der Waals surface area contributed by atoms with E-state index in [0.29, 0.717) is 33.8 Å². The van der Waals surface area contributed by atoms with Crippen molar-refractivity contribution in [2.24, 2.45) is 0 Å². The van der Waals surface area contributed by atoms with Gasteiger partial charge in [0.1, 0.15) is 24.0 Å². The lowest BCUT2D eigenvalue weighted by atomic mass is 10.1. The molecule has 32 heavy (non-hydrogen) atoms. The summed E-state index contributed by atoms with van der Waals surface area (Å²) in [6, 6.07) is 20.4. The lowest BCUT2D eigenvalue weighted by molar-refractivity contribution is -0.112. The monoisotopic (exact) mass is 490 g/mol. The van der Waals surface area contributed by atoms with Crippen LogP contribution in [0.25, 0.3) is 6.08 Å². The number of nitrogens with one attached hydrogen (secondary N) is 1.